The normalized spacial score (nSPS) is 17.9. The monoisotopic (exact) mass is 413 g/mol. The van der Waals surface area contributed by atoms with Crippen molar-refractivity contribution in [1.29, 1.82) is 0 Å². The summed E-state index contributed by atoms with van der Waals surface area (Å²) in [6, 6.07) is 17.5. The first-order valence-corrected chi connectivity index (χ1v) is 10.4. The summed E-state index contributed by atoms with van der Waals surface area (Å²) >= 11 is 0. The fourth-order valence-corrected chi connectivity index (χ4v) is 3.31. The van der Waals surface area contributed by atoms with Gasteiger partial charge in [-0.15, -0.1) is 0 Å². The van der Waals surface area contributed by atoms with Crippen molar-refractivity contribution in [2.45, 2.75) is 45.5 Å². The average molecular weight is 414 g/mol. The third-order valence-corrected chi connectivity index (χ3v) is 4.61. The first-order chi connectivity index (χ1) is 14.4. The summed E-state index contributed by atoms with van der Waals surface area (Å²) < 4.78 is 23.8. The highest BCUT2D eigenvalue weighted by molar-refractivity contribution is 5.68. The van der Waals surface area contributed by atoms with Crippen LogP contribution in [0.25, 0.3) is 0 Å². The van der Waals surface area contributed by atoms with Gasteiger partial charge in [0.15, 0.2) is 17.6 Å². The van der Waals surface area contributed by atoms with Gasteiger partial charge in [0.1, 0.15) is 11.7 Å². The highest BCUT2D eigenvalue weighted by Gasteiger charge is 2.35. The van der Waals surface area contributed by atoms with Gasteiger partial charge in [-0.2, -0.15) is 0 Å². The standard InChI is InChI=1S/C24H31NO5/c1-5-27-19-13-9-10-14-20(19)29-22(18-11-7-6-8-12-18)21-17-25(15-16-28-21)23(26)30-24(2,3)4/h6-14,21-22H,5,15-17H2,1-4H3/t21-,22?/m0/s1. The van der Waals surface area contributed by atoms with Gasteiger partial charge in [0, 0.05) is 6.54 Å². The minimum atomic E-state index is -0.545. The molecule has 162 valence electrons. The molecule has 0 N–H and O–H groups in total. The molecule has 2 atom stereocenters. The lowest BCUT2D eigenvalue weighted by Gasteiger charge is -2.37. The van der Waals surface area contributed by atoms with Gasteiger partial charge >= 0.3 is 6.09 Å². The summed E-state index contributed by atoms with van der Waals surface area (Å²) in [5.74, 6) is 1.33. The van der Waals surface area contributed by atoms with E-state index in [4.69, 9.17) is 18.9 Å². The fourth-order valence-electron chi connectivity index (χ4n) is 3.31. The number of hydrogen-bond acceptors (Lipinski definition) is 5. The molecule has 6 heteroatoms. The number of carbonyl (C=O) groups is 1. The van der Waals surface area contributed by atoms with E-state index in [0.717, 1.165) is 5.56 Å². The van der Waals surface area contributed by atoms with E-state index in [1.807, 2.05) is 82.3 Å². The van der Waals surface area contributed by atoms with Gasteiger partial charge in [0.05, 0.1) is 19.8 Å². The Morgan fingerprint density at radius 1 is 1.10 bits per heavy atom. The smallest absolute Gasteiger partial charge is 0.410 e. The van der Waals surface area contributed by atoms with Crippen molar-refractivity contribution in [2.24, 2.45) is 0 Å². The van der Waals surface area contributed by atoms with Gasteiger partial charge in [-0.25, -0.2) is 4.79 Å². The maximum Gasteiger partial charge on any atom is 0.410 e. The quantitative estimate of drug-likeness (QED) is 0.678. The molecule has 30 heavy (non-hydrogen) atoms. The summed E-state index contributed by atoms with van der Waals surface area (Å²) in [5.41, 5.74) is 0.427. The van der Waals surface area contributed by atoms with E-state index in [9.17, 15) is 4.79 Å². The zero-order valence-corrected chi connectivity index (χ0v) is 18.2. The first-order valence-electron chi connectivity index (χ1n) is 10.4. The van der Waals surface area contributed by atoms with Crippen molar-refractivity contribution in [3.63, 3.8) is 0 Å². The zero-order valence-electron chi connectivity index (χ0n) is 18.2. The molecule has 1 unspecified atom stereocenters. The molecule has 0 aromatic heterocycles. The molecule has 3 rings (SSSR count). The molecule has 0 spiro atoms. The van der Waals surface area contributed by atoms with E-state index in [1.165, 1.54) is 0 Å². The number of rotatable bonds is 6. The van der Waals surface area contributed by atoms with Crippen molar-refractivity contribution < 1.29 is 23.7 Å². The molecule has 6 nitrogen and oxygen atoms in total. The SMILES string of the molecule is CCOc1ccccc1OC(c1ccccc1)[C@@H]1CN(C(=O)OC(C)(C)C)CCO1. The van der Waals surface area contributed by atoms with Crippen molar-refractivity contribution in [3.05, 3.63) is 60.2 Å². The number of ether oxygens (including phenoxy) is 4. The molecule has 0 aliphatic carbocycles. The van der Waals surface area contributed by atoms with E-state index in [2.05, 4.69) is 0 Å². The number of hydrogen-bond donors (Lipinski definition) is 0. The van der Waals surface area contributed by atoms with E-state index in [0.29, 0.717) is 37.8 Å². The highest BCUT2D eigenvalue weighted by atomic mass is 16.6. The largest absolute Gasteiger partial charge is 0.490 e. The predicted octanol–water partition coefficient (Wildman–Crippen LogP) is 4.84. The minimum Gasteiger partial charge on any atom is -0.490 e. The number of benzene rings is 2. The van der Waals surface area contributed by atoms with E-state index < -0.39 is 11.7 Å². The Morgan fingerprint density at radius 3 is 2.43 bits per heavy atom. The van der Waals surface area contributed by atoms with Gasteiger partial charge in [0.2, 0.25) is 0 Å². The molecule has 0 saturated carbocycles. The maximum absolute atomic E-state index is 12.6. The summed E-state index contributed by atoms with van der Waals surface area (Å²) in [4.78, 5) is 14.3. The van der Waals surface area contributed by atoms with Crippen molar-refractivity contribution in [1.82, 2.24) is 4.90 Å². The Kier molecular flexibility index (Phi) is 7.21. The molecule has 1 fully saturated rings. The average Bonchev–Trinajstić information content (AvgIpc) is 2.73. The summed E-state index contributed by atoms with van der Waals surface area (Å²) in [5, 5.41) is 0. The third kappa shape index (κ3) is 5.89. The van der Waals surface area contributed by atoms with Crippen LogP contribution in [-0.4, -0.2) is 49.0 Å². The lowest BCUT2D eigenvalue weighted by atomic mass is 10.0. The van der Waals surface area contributed by atoms with Gasteiger partial charge in [-0.3, -0.25) is 0 Å². The van der Waals surface area contributed by atoms with E-state index in [1.54, 1.807) is 4.90 Å². The summed E-state index contributed by atoms with van der Waals surface area (Å²) in [6.07, 6.45) is -1.08. The van der Waals surface area contributed by atoms with E-state index >= 15 is 0 Å². The number of carbonyl (C=O) groups excluding carboxylic acids is 1. The topological polar surface area (TPSA) is 57.2 Å². The van der Waals surface area contributed by atoms with Crippen LogP contribution in [0.5, 0.6) is 11.5 Å². The van der Waals surface area contributed by atoms with Gasteiger partial charge in [-0.05, 0) is 45.4 Å². The van der Waals surface area contributed by atoms with Crippen LogP contribution in [0.1, 0.15) is 39.4 Å². The van der Waals surface area contributed by atoms with Crippen LogP contribution >= 0.6 is 0 Å². The van der Waals surface area contributed by atoms with Crippen LogP contribution in [0, 0.1) is 0 Å². The number of nitrogens with zero attached hydrogens (tertiary/aromatic N) is 1. The van der Waals surface area contributed by atoms with Crippen LogP contribution in [0.3, 0.4) is 0 Å². The molecule has 0 bridgehead atoms. The van der Waals surface area contributed by atoms with Crippen molar-refractivity contribution in [2.75, 3.05) is 26.3 Å². The molecule has 2 aromatic rings. The zero-order chi connectivity index (χ0) is 21.6. The van der Waals surface area contributed by atoms with Crippen LogP contribution in [-0.2, 0) is 9.47 Å². The van der Waals surface area contributed by atoms with Crippen LogP contribution in [0.4, 0.5) is 4.79 Å². The third-order valence-electron chi connectivity index (χ3n) is 4.61. The summed E-state index contributed by atoms with van der Waals surface area (Å²) in [7, 11) is 0. The van der Waals surface area contributed by atoms with Crippen LogP contribution < -0.4 is 9.47 Å². The Balaban J connectivity index is 1.83. The summed E-state index contributed by atoms with van der Waals surface area (Å²) in [6.45, 7) is 9.37. The Morgan fingerprint density at radius 2 is 1.77 bits per heavy atom. The predicted molar refractivity (Wildman–Crippen MR) is 115 cm³/mol. The van der Waals surface area contributed by atoms with Gasteiger partial charge < -0.3 is 23.8 Å². The molecular weight excluding hydrogens is 382 g/mol. The van der Waals surface area contributed by atoms with Crippen molar-refractivity contribution >= 4 is 6.09 Å². The van der Waals surface area contributed by atoms with Crippen molar-refractivity contribution in [3.8, 4) is 11.5 Å². The molecule has 1 aliphatic rings. The lowest BCUT2D eigenvalue weighted by molar-refractivity contribution is -0.0840. The molecule has 1 aliphatic heterocycles. The number of morpholine rings is 1. The Labute approximate surface area is 178 Å². The lowest BCUT2D eigenvalue weighted by Crippen LogP contribution is -2.50. The molecule has 2 aromatic carbocycles. The number of para-hydroxylation sites is 2. The van der Waals surface area contributed by atoms with E-state index in [-0.39, 0.29) is 12.2 Å². The molecule has 1 saturated heterocycles. The first kappa shape index (κ1) is 22.0. The minimum absolute atomic E-state index is 0.336. The molecule has 1 amide bonds. The van der Waals surface area contributed by atoms with Crippen LogP contribution in [0.2, 0.25) is 0 Å². The maximum atomic E-state index is 12.6. The van der Waals surface area contributed by atoms with Crippen LogP contribution in [0.15, 0.2) is 54.6 Å². The second-order valence-electron chi connectivity index (χ2n) is 8.16. The Bertz CT molecular complexity index is 818. The van der Waals surface area contributed by atoms with Gasteiger partial charge in [-0.1, -0.05) is 42.5 Å². The second kappa shape index (κ2) is 9.85. The molecular formula is C24H31NO5. The fraction of sp³-hybridized carbons (Fsp3) is 0.458. The number of amides is 1. The highest BCUT2D eigenvalue weighted by Crippen LogP contribution is 2.34. The molecule has 1 heterocycles. The Hall–Kier alpha value is -2.73. The van der Waals surface area contributed by atoms with Gasteiger partial charge in [0.25, 0.3) is 0 Å². The molecule has 0 radical (unpaired) electrons. The second-order valence-corrected chi connectivity index (χ2v) is 8.16.